The summed E-state index contributed by atoms with van der Waals surface area (Å²) in [5, 5.41) is 2.93. The number of hydrogen-bond donors (Lipinski definition) is 1. The first-order chi connectivity index (χ1) is 8.13. The summed E-state index contributed by atoms with van der Waals surface area (Å²) in [4.78, 5) is 22.2. The van der Waals surface area contributed by atoms with E-state index in [9.17, 15) is 9.59 Å². The van der Waals surface area contributed by atoms with Gasteiger partial charge in [-0.25, -0.2) is 0 Å². The van der Waals surface area contributed by atoms with Crippen LogP contribution in [0.4, 0.5) is 0 Å². The van der Waals surface area contributed by atoms with Gasteiger partial charge in [0.1, 0.15) is 0 Å². The molecule has 1 aromatic heterocycles. The minimum absolute atomic E-state index is 0.170. The zero-order valence-electron chi connectivity index (χ0n) is 10.3. The monoisotopic (exact) mass is 234 g/mol. The number of aromatic nitrogens is 1. The summed E-state index contributed by atoms with van der Waals surface area (Å²) < 4.78 is 2.07. The quantitative estimate of drug-likeness (QED) is 0.784. The van der Waals surface area contributed by atoms with Crippen LogP contribution in [-0.4, -0.2) is 23.3 Å². The standard InChI is InChI=1S/C13H18N2O2/c1-9-7-12(8-16)10(2)15(9)6-5-14-13(17)11-3-4-11/h7-8,11H,3-6H2,1-2H3,(H,14,17). The van der Waals surface area contributed by atoms with Crippen molar-refractivity contribution in [1.29, 1.82) is 0 Å². The number of rotatable bonds is 5. The van der Waals surface area contributed by atoms with Crippen molar-refractivity contribution in [1.82, 2.24) is 9.88 Å². The molecule has 0 atom stereocenters. The highest BCUT2D eigenvalue weighted by Crippen LogP contribution is 2.28. The fourth-order valence-electron chi connectivity index (χ4n) is 2.07. The number of nitrogens with zero attached hydrogens (tertiary/aromatic N) is 1. The maximum Gasteiger partial charge on any atom is 0.223 e. The molecule has 1 heterocycles. The Bertz CT molecular complexity index is 445. The predicted octanol–water partition coefficient (Wildman–Crippen LogP) is 1.44. The third-order valence-corrected chi connectivity index (χ3v) is 3.32. The van der Waals surface area contributed by atoms with Crippen molar-refractivity contribution in [3.63, 3.8) is 0 Å². The van der Waals surface area contributed by atoms with E-state index in [1.807, 2.05) is 19.9 Å². The maximum absolute atomic E-state index is 11.5. The predicted molar refractivity (Wildman–Crippen MR) is 65.0 cm³/mol. The van der Waals surface area contributed by atoms with Crippen LogP contribution >= 0.6 is 0 Å². The number of aldehydes is 1. The Morgan fingerprint density at radius 1 is 1.53 bits per heavy atom. The first kappa shape index (κ1) is 11.9. The molecular weight excluding hydrogens is 216 g/mol. The van der Waals surface area contributed by atoms with Crippen LogP contribution in [0.5, 0.6) is 0 Å². The second-order valence-corrected chi connectivity index (χ2v) is 4.66. The Morgan fingerprint density at radius 3 is 2.76 bits per heavy atom. The van der Waals surface area contributed by atoms with E-state index < -0.39 is 0 Å². The molecule has 17 heavy (non-hydrogen) atoms. The Morgan fingerprint density at radius 2 is 2.24 bits per heavy atom. The van der Waals surface area contributed by atoms with E-state index in [0.717, 1.165) is 42.6 Å². The molecule has 92 valence electrons. The van der Waals surface area contributed by atoms with Crippen LogP contribution in [0.25, 0.3) is 0 Å². The van der Waals surface area contributed by atoms with E-state index in [-0.39, 0.29) is 11.8 Å². The highest BCUT2D eigenvalue weighted by atomic mass is 16.2. The van der Waals surface area contributed by atoms with Crippen LogP contribution in [-0.2, 0) is 11.3 Å². The molecule has 1 aromatic rings. The largest absolute Gasteiger partial charge is 0.354 e. The normalized spacial score (nSPS) is 14.7. The SMILES string of the molecule is Cc1cc(C=O)c(C)n1CCNC(=O)C1CC1. The average Bonchev–Trinajstić information content (AvgIpc) is 3.10. The van der Waals surface area contributed by atoms with E-state index in [1.54, 1.807) is 0 Å². The first-order valence-electron chi connectivity index (χ1n) is 6.03. The van der Waals surface area contributed by atoms with Crippen molar-refractivity contribution >= 4 is 12.2 Å². The maximum atomic E-state index is 11.5. The number of aryl methyl sites for hydroxylation is 1. The summed E-state index contributed by atoms with van der Waals surface area (Å²) in [7, 11) is 0. The molecule has 0 aromatic carbocycles. The van der Waals surface area contributed by atoms with Crippen LogP contribution in [0.1, 0.15) is 34.6 Å². The van der Waals surface area contributed by atoms with E-state index in [2.05, 4.69) is 9.88 Å². The topological polar surface area (TPSA) is 51.1 Å². The zero-order chi connectivity index (χ0) is 12.4. The molecular formula is C13H18N2O2. The minimum atomic E-state index is 0.170. The van der Waals surface area contributed by atoms with E-state index in [1.165, 1.54) is 0 Å². The second-order valence-electron chi connectivity index (χ2n) is 4.66. The second kappa shape index (κ2) is 4.73. The molecule has 0 unspecified atom stereocenters. The Kier molecular flexibility index (Phi) is 3.31. The Hall–Kier alpha value is -1.58. The first-order valence-corrected chi connectivity index (χ1v) is 6.03. The third-order valence-electron chi connectivity index (χ3n) is 3.32. The smallest absolute Gasteiger partial charge is 0.223 e. The summed E-state index contributed by atoms with van der Waals surface area (Å²) in [6.07, 6.45) is 2.94. The molecule has 0 aliphatic heterocycles. The van der Waals surface area contributed by atoms with Gasteiger partial charge in [0.15, 0.2) is 6.29 Å². The van der Waals surface area contributed by atoms with E-state index in [0.29, 0.717) is 6.54 Å². The van der Waals surface area contributed by atoms with Gasteiger partial charge in [-0.15, -0.1) is 0 Å². The molecule has 1 aliphatic carbocycles. The molecule has 0 spiro atoms. The van der Waals surface area contributed by atoms with Gasteiger partial charge in [0.2, 0.25) is 5.91 Å². The fraction of sp³-hybridized carbons (Fsp3) is 0.538. The third kappa shape index (κ3) is 2.57. The number of hydrogen-bond acceptors (Lipinski definition) is 2. The number of nitrogens with one attached hydrogen (secondary N) is 1. The van der Waals surface area contributed by atoms with Gasteiger partial charge >= 0.3 is 0 Å². The van der Waals surface area contributed by atoms with E-state index >= 15 is 0 Å². The van der Waals surface area contributed by atoms with Gasteiger partial charge in [-0.3, -0.25) is 9.59 Å². The molecule has 0 saturated heterocycles. The summed E-state index contributed by atoms with van der Waals surface area (Å²) >= 11 is 0. The molecule has 1 fully saturated rings. The molecule has 1 aliphatic rings. The average molecular weight is 234 g/mol. The van der Waals surface area contributed by atoms with Crippen molar-refractivity contribution in [2.24, 2.45) is 5.92 Å². The van der Waals surface area contributed by atoms with Crippen LogP contribution in [0.15, 0.2) is 6.07 Å². The molecule has 0 radical (unpaired) electrons. The van der Waals surface area contributed by atoms with Crippen molar-refractivity contribution in [2.45, 2.75) is 33.2 Å². The molecule has 4 heteroatoms. The fourth-order valence-corrected chi connectivity index (χ4v) is 2.07. The lowest BCUT2D eigenvalue weighted by Crippen LogP contribution is -2.28. The van der Waals surface area contributed by atoms with Crippen LogP contribution < -0.4 is 5.32 Å². The van der Waals surface area contributed by atoms with Gasteiger partial charge < -0.3 is 9.88 Å². The lowest BCUT2D eigenvalue weighted by Gasteiger charge is -2.10. The Balaban J connectivity index is 1.91. The lowest BCUT2D eigenvalue weighted by atomic mass is 10.3. The molecule has 4 nitrogen and oxygen atoms in total. The summed E-state index contributed by atoms with van der Waals surface area (Å²) in [5.74, 6) is 0.426. The highest BCUT2D eigenvalue weighted by Gasteiger charge is 2.29. The van der Waals surface area contributed by atoms with Crippen LogP contribution in [0.3, 0.4) is 0 Å². The van der Waals surface area contributed by atoms with Crippen LogP contribution in [0, 0.1) is 19.8 Å². The van der Waals surface area contributed by atoms with Gasteiger partial charge in [0.05, 0.1) is 0 Å². The summed E-state index contributed by atoms with van der Waals surface area (Å²) in [6, 6.07) is 1.88. The number of amides is 1. The molecule has 0 bridgehead atoms. The molecule has 1 saturated carbocycles. The van der Waals surface area contributed by atoms with Crippen molar-refractivity contribution in [2.75, 3.05) is 6.54 Å². The van der Waals surface area contributed by atoms with Crippen molar-refractivity contribution in [3.8, 4) is 0 Å². The molecule has 1 N–H and O–H groups in total. The van der Waals surface area contributed by atoms with Gasteiger partial charge in [-0.05, 0) is 32.8 Å². The number of carbonyl (C=O) groups excluding carboxylic acids is 2. The minimum Gasteiger partial charge on any atom is -0.354 e. The lowest BCUT2D eigenvalue weighted by molar-refractivity contribution is -0.122. The van der Waals surface area contributed by atoms with Crippen molar-refractivity contribution < 1.29 is 9.59 Å². The van der Waals surface area contributed by atoms with Gasteiger partial charge in [-0.1, -0.05) is 0 Å². The zero-order valence-corrected chi connectivity index (χ0v) is 10.3. The van der Waals surface area contributed by atoms with Gasteiger partial charge in [0.25, 0.3) is 0 Å². The van der Waals surface area contributed by atoms with Gasteiger partial charge in [-0.2, -0.15) is 0 Å². The molecule has 2 rings (SSSR count). The highest BCUT2D eigenvalue weighted by molar-refractivity contribution is 5.80. The number of carbonyl (C=O) groups is 2. The van der Waals surface area contributed by atoms with Gasteiger partial charge in [0, 0.05) is 36.0 Å². The molecule has 1 amide bonds. The summed E-state index contributed by atoms with van der Waals surface area (Å²) in [6.45, 7) is 5.26. The summed E-state index contributed by atoms with van der Waals surface area (Å²) in [5.41, 5.74) is 2.76. The van der Waals surface area contributed by atoms with Crippen molar-refractivity contribution in [3.05, 3.63) is 23.0 Å². The van der Waals surface area contributed by atoms with E-state index in [4.69, 9.17) is 0 Å². The van der Waals surface area contributed by atoms with Crippen LogP contribution in [0.2, 0.25) is 0 Å². The Labute approximate surface area is 101 Å².